The summed E-state index contributed by atoms with van der Waals surface area (Å²) in [6.45, 7) is 4.28. The maximum absolute atomic E-state index is 5.80. The van der Waals surface area contributed by atoms with E-state index in [9.17, 15) is 0 Å². The summed E-state index contributed by atoms with van der Waals surface area (Å²) < 4.78 is 0. The zero-order valence-corrected chi connectivity index (χ0v) is 10.8. The Labute approximate surface area is 103 Å². The molecule has 1 aliphatic rings. The van der Waals surface area contributed by atoms with E-state index < -0.39 is 0 Å². The molecule has 1 atom stereocenters. The molecule has 2 rings (SSSR count). The van der Waals surface area contributed by atoms with E-state index in [4.69, 9.17) is 5.73 Å². The van der Waals surface area contributed by atoms with Crippen LogP contribution in [0.25, 0.3) is 0 Å². The van der Waals surface area contributed by atoms with Crippen molar-refractivity contribution in [1.82, 2.24) is 15.0 Å². The lowest BCUT2D eigenvalue weighted by molar-refractivity contribution is 0.425. The summed E-state index contributed by atoms with van der Waals surface area (Å²) in [6, 6.07) is 0. The van der Waals surface area contributed by atoms with Gasteiger partial charge in [-0.3, -0.25) is 0 Å². The van der Waals surface area contributed by atoms with Gasteiger partial charge in [0.15, 0.2) is 0 Å². The molecule has 1 unspecified atom stereocenters. The average Bonchev–Trinajstić information content (AvgIpc) is 2.38. The highest BCUT2D eigenvalue weighted by molar-refractivity contribution is 5.19. The lowest BCUT2D eigenvalue weighted by Gasteiger charge is -2.21. The fourth-order valence-electron chi connectivity index (χ4n) is 2.37. The lowest BCUT2D eigenvalue weighted by atomic mass is 9.88. The highest BCUT2D eigenvalue weighted by atomic mass is 15.1. The van der Waals surface area contributed by atoms with E-state index in [2.05, 4.69) is 28.8 Å². The van der Waals surface area contributed by atoms with Crippen LogP contribution in [0.4, 0.5) is 5.95 Å². The van der Waals surface area contributed by atoms with Gasteiger partial charge in [-0.1, -0.05) is 33.1 Å². The van der Waals surface area contributed by atoms with E-state index in [1.807, 2.05) is 0 Å². The molecule has 1 heterocycles. The molecule has 1 aromatic heterocycles. The van der Waals surface area contributed by atoms with Crippen LogP contribution < -0.4 is 5.73 Å². The Balaban J connectivity index is 2.24. The van der Waals surface area contributed by atoms with Crippen molar-refractivity contribution in [2.24, 2.45) is 0 Å². The monoisotopic (exact) mass is 234 g/mol. The second-order valence-corrected chi connectivity index (χ2v) is 5.05. The van der Waals surface area contributed by atoms with Crippen molar-refractivity contribution in [3.05, 3.63) is 11.6 Å². The number of nitrogens with two attached hydrogens (primary N) is 1. The minimum absolute atomic E-state index is 0.364. The number of rotatable bonds is 3. The van der Waals surface area contributed by atoms with Gasteiger partial charge in [0.1, 0.15) is 11.6 Å². The second-order valence-electron chi connectivity index (χ2n) is 5.05. The number of hydrogen-bond acceptors (Lipinski definition) is 4. The van der Waals surface area contributed by atoms with Crippen molar-refractivity contribution in [3.8, 4) is 0 Å². The molecule has 1 aliphatic carbocycles. The van der Waals surface area contributed by atoms with Gasteiger partial charge in [0.05, 0.1) is 0 Å². The van der Waals surface area contributed by atoms with E-state index in [-0.39, 0.29) is 0 Å². The Kier molecular flexibility index (Phi) is 3.92. The Morgan fingerprint density at radius 1 is 1.18 bits per heavy atom. The third-order valence-corrected chi connectivity index (χ3v) is 3.71. The third-order valence-electron chi connectivity index (χ3n) is 3.71. The first-order valence-electron chi connectivity index (χ1n) is 6.72. The van der Waals surface area contributed by atoms with Gasteiger partial charge in [-0.2, -0.15) is 9.97 Å². The SMILES string of the molecule is CCC(C)c1nc(N)nc(C2CCCCC2)n1. The molecule has 0 radical (unpaired) electrons. The summed E-state index contributed by atoms with van der Waals surface area (Å²) in [5.41, 5.74) is 5.80. The van der Waals surface area contributed by atoms with Gasteiger partial charge in [-0.15, -0.1) is 0 Å². The molecule has 1 saturated carbocycles. The van der Waals surface area contributed by atoms with E-state index in [0.717, 1.165) is 18.1 Å². The maximum atomic E-state index is 5.80. The average molecular weight is 234 g/mol. The van der Waals surface area contributed by atoms with Crippen LogP contribution >= 0.6 is 0 Å². The Morgan fingerprint density at radius 2 is 1.88 bits per heavy atom. The van der Waals surface area contributed by atoms with Crippen molar-refractivity contribution in [3.63, 3.8) is 0 Å². The first kappa shape index (κ1) is 12.3. The fraction of sp³-hybridized carbons (Fsp3) is 0.769. The molecule has 4 nitrogen and oxygen atoms in total. The molecule has 0 aliphatic heterocycles. The summed E-state index contributed by atoms with van der Waals surface area (Å²) >= 11 is 0. The second kappa shape index (κ2) is 5.43. The zero-order chi connectivity index (χ0) is 12.3. The van der Waals surface area contributed by atoms with Crippen molar-refractivity contribution >= 4 is 5.95 Å². The number of hydrogen-bond donors (Lipinski definition) is 1. The molecule has 1 aromatic rings. The van der Waals surface area contributed by atoms with E-state index in [1.165, 1.54) is 32.1 Å². The highest BCUT2D eigenvalue weighted by Gasteiger charge is 2.20. The normalized spacial score (nSPS) is 19.2. The molecule has 2 N–H and O–H groups in total. The summed E-state index contributed by atoms with van der Waals surface area (Å²) in [4.78, 5) is 13.2. The third kappa shape index (κ3) is 2.93. The van der Waals surface area contributed by atoms with Crippen LogP contribution in [-0.2, 0) is 0 Å². The van der Waals surface area contributed by atoms with Gasteiger partial charge in [-0.25, -0.2) is 4.98 Å². The topological polar surface area (TPSA) is 64.7 Å². The minimum Gasteiger partial charge on any atom is -0.368 e. The predicted octanol–water partition coefficient (Wildman–Crippen LogP) is 3.02. The molecule has 0 saturated heterocycles. The molecule has 0 spiro atoms. The molecule has 0 bridgehead atoms. The van der Waals surface area contributed by atoms with Crippen molar-refractivity contribution < 1.29 is 0 Å². The molecule has 1 fully saturated rings. The van der Waals surface area contributed by atoms with Crippen LogP contribution in [0.15, 0.2) is 0 Å². The van der Waals surface area contributed by atoms with Crippen LogP contribution in [0.1, 0.15) is 75.9 Å². The van der Waals surface area contributed by atoms with Gasteiger partial charge < -0.3 is 5.73 Å². The standard InChI is InChI=1S/C13H22N4/c1-3-9(2)11-15-12(17-13(14)16-11)10-7-5-4-6-8-10/h9-10H,3-8H2,1-2H3,(H2,14,15,16,17). The summed E-state index contributed by atoms with van der Waals surface area (Å²) in [6.07, 6.45) is 7.35. The van der Waals surface area contributed by atoms with Gasteiger partial charge in [0.25, 0.3) is 0 Å². The van der Waals surface area contributed by atoms with Crippen molar-refractivity contribution in [1.29, 1.82) is 0 Å². The van der Waals surface area contributed by atoms with Gasteiger partial charge in [-0.05, 0) is 19.3 Å². The van der Waals surface area contributed by atoms with Crippen LogP contribution in [0.5, 0.6) is 0 Å². The number of aromatic nitrogens is 3. The first-order chi connectivity index (χ1) is 8.20. The van der Waals surface area contributed by atoms with Gasteiger partial charge in [0, 0.05) is 11.8 Å². The van der Waals surface area contributed by atoms with Gasteiger partial charge in [0.2, 0.25) is 5.95 Å². The predicted molar refractivity (Wildman–Crippen MR) is 68.8 cm³/mol. The van der Waals surface area contributed by atoms with Crippen LogP contribution in [-0.4, -0.2) is 15.0 Å². The van der Waals surface area contributed by atoms with E-state index >= 15 is 0 Å². The molecule has 0 aromatic carbocycles. The van der Waals surface area contributed by atoms with E-state index in [1.54, 1.807) is 0 Å². The van der Waals surface area contributed by atoms with E-state index in [0.29, 0.717) is 17.8 Å². The Bertz CT molecular complexity index is 372. The largest absolute Gasteiger partial charge is 0.368 e. The smallest absolute Gasteiger partial charge is 0.223 e. The van der Waals surface area contributed by atoms with Crippen LogP contribution in [0.3, 0.4) is 0 Å². The van der Waals surface area contributed by atoms with Crippen molar-refractivity contribution in [2.45, 2.75) is 64.2 Å². The van der Waals surface area contributed by atoms with Crippen molar-refractivity contribution in [2.75, 3.05) is 5.73 Å². The maximum Gasteiger partial charge on any atom is 0.223 e. The number of nitrogens with zero attached hydrogens (tertiary/aromatic N) is 3. The minimum atomic E-state index is 0.364. The summed E-state index contributed by atoms with van der Waals surface area (Å²) in [7, 11) is 0. The first-order valence-corrected chi connectivity index (χ1v) is 6.72. The lowest BCUT2D eigenvalue weighted by Crippen LogP contribution is -2.14. The zero-order valence-electron chi connectivity index (χ0n) is 10.8. The van der Waals surface area contributed by atoms with Crippen LogP contribution in [0.2, 0.25) is 0 Å². The van der Waals surface area contributed by atoms with Crippen LogP contribution in [0, 0.1) is 0 Å². The number of anilines is 1. The molecule has 94 valence electrons. The molecule has 0 amide bonds. The summed E-state index contributed by atoms with van der Waals surface area (Å²) in [5.74, 6) is 3.03. The highest BCUT2D eigenvalue weighted by Crippen LogP contribution is 2.31. The molecule has 17 heavy (non-hydrogen) atoms. The quantitative estimate of drug-likeness (QED) is 0.873. The van der Waals surface area contributed by atoms with Gasteiger partial charge >= 0.3 is 0 Å². The molecule has 4 heteroatoms. The molecular weight excluding hydrogens is 212 g/mol. The Morgan fingerprint density at radius 3 is 2.53 bits per heavy atom. The Hall–Kier alpha value is -1.19. The number of nitrogen functional groups attached to an aromatic ring is 1. The summed E-state index contributed by atoms with van der Waals surface area (Å²) in [5, 5.41) is 0. The molecular formula is C13H22N4. The fourth-order valence-corrected chi connectivity index (χ4v) is 2.37.